The van der Waals surface area contributed by atoms with Gasteiger partial charge in [0.2, 0.25) is 0 Å². The number of hydrogen-bond donors (Lipinski definition) is 0. The highest BCUT2D eigenvalue weighted by molar-refractivity contribution is 5.40. The van der Waals surface area contributed by atoms with Crippen LogP contribution in [-0.2, 0) is 0 Å². The van der Waals surface area contributed by atoms with Gasteiger partial charge in [0.15, 0.2) is 0 Å². The number of methoxy groups -OCH3 is 2. The first-order valence-electron chi connectivity index (χ1n) is 6.30. The molecular weight excluding hydrogens is 281 g/mol. The van der Waals surface area contributed by atoms with Crippen LogP contribution in [0.25, 0.3) is 0 Å². The molecule has 0 saturated heterocycles. The molecule has 0 aromatic heterocycles. The van der Waals surface area contributed by atoms with Crippen LogP contribution < -0.4 is 9.47 Å². The van der Waals surface area contributed by atoms with E-state index in [1.54, 1.807) is 12.1 Å². The topological polar surface area (TPSA) is 18.5 Å². The lowest BCUT2D eigenvalue weighted by molar-refractivity contribution is -0.141. The van der Waals surface area contributed by atoms with Gasteiger partial charge in [-0.05, 0) is 35.4 Å². The number of ether oxygens (including phenoxy) is 2. The van der Waals surface area contributed by atoms with Gasteiger partial charge in [-0.1, -0.05) is 24.3 Å². The number of rotatable bonds is 4. The van der Waals surface area contributed by atoms with E-state index < -0.39 is 12.1 Å². The van der Waals surface area contributed by atoms with Crippen LogP contribution >= 0.6 is 0 Å². The second-order valence-corrected chi connectivity index (χ2v) is 4.52. The van der Waals surface area contributed by atoms with Crippen molar-refractivity contribution in [1.82, 2.24) is 0 Å². The standard InChI is InChI=1S/C16H15F3O2/c1-20-13-8-6-11(7-9-13)15(16(17,18)19)12-4-3-5-14(10-12)21-2/h3-10,15H,1-2H3/t15-/m0/s1. The molecule has 0 fully saturated rings. The molecule has 21 heavy (non-hydrogen) atoms. The van der Waals surface area contributed by atoms with E-state index in [1.807, 2.05) is 0 Å². The van der Waals surface area contributed by atoms with E-state index in [0.29, 0.717) is 11.5 Å². The van der Waals surface area contributed by atoms with Crippen LogP contribution in [0.5, 0.6) is 11.5 Å². The Bertz CT molecular complexity index is 591. The lowest BCUT2D eigenvalue weighted by Crippen LogP contribution is -2.22. The zero-order chi connectivity index (χ0) is 15.5. The Labute approximate surface area is 121 Å². The van der Waals surface area contributed by atoms with E-state index in [1.165, 1.54) is 50.6 Å². The summed E-state index contributed by atoms with van der Waals surface area (Å²) in [4.78, 5) is 0. The monoisotopic (exact) mass is 296 g/mol. The Kier molecular flexibility index (Phi) is 4.40. The van der Waals surface area contributed by atoms with Gasteiger partial charge in [-0.25, -0.2) is 0 Å². The molecule has 2 aromatic carbocycles. The summed E-state index contributed by atoms with van der Waals surface area (Å²) in [7, 11) is 2.90. The summed E-state index contributed by atoms with van der Waals surface area (Å²) in [6.45, 7) is 0. The minimum atomic E-state index is -4.39. The highest BCUT2D eigenvalue weighted by Gasteiger charge is 2.41. The van der Waals surface area contributed by atoms with Crippen molar-refractivity contribution >= 4 is 0 Å². The average Bonchev–Trinajstić information content (AvgIpc) is 2.47. The molecule has 0 radical (unpaired) electrons. The zero-order valence-electron chi connectivity index (χ0n) is 11.6. The van der Waals surface area contributed by atoms with Crippen molar-refractivity contribution in [3.8, 4) is 11.5 Å². The van der Waals surface area contributed by atoms with Gasteiger partial charge in [-0.3, -0.25) is 0 Å². The molecule has 0 heterocycles. The van der Waals surface area contributed by atoms with Crippen molar-refractivity contribution in [2.24, 2.45) is 0 Å². The molecular formula is C16H15F3O2. The first kappa shape index (κ1) is 15.2. The summed E-state index contributed by atoms with van der Waals surface area (Å²) in [5.74, 6) is -0.779. The third kappa shape index (κ3) is 3.48. The molecule has 2 aromatic rings. The largest absolute Gasteiger partial charge is 0.497 e. The van der Waals surface area contributed by atoms with E-state index in [2.05, 4.69) is 0 Å². The summed E-state index contributed by atoms with van der Waals surface area (Å²) in [5, 5.41) is 0. The lowest BCUT2D eigenvalue weighted by Gasteiger charge is -2.22. The quantitative estimate of drug-likeness (QED) is 0.832. The zero-order valence-corrected chi connectivity index (χ0v) is 11.6. The maximum Gasteiger partial charge on any atom is 0.399 e. The molecule has 0 amide bonds. The third-order valence-corrected chi connectivity index (χ3v) is 3.20. The van der Waals surface area contributed by atoms with E-state index in [0.717, 1.165) is 0 Å². The normalized spacial score (nSPS) is 12.8. The van der Waals surface area contributed by atoms with Crippen LogP contribution in [-0.4, -0.2) is 20.4 Å². The molecule has 2 nitrogen and oxygen atoms in total. The molecule has 1 atom stereocenters. The molecule has 0 aliphatic rings. The molecule has 0 bridgehead atoms. The second-order valence-electron chi connectivity index (χ2n) is 4.52. The van der Waals surface area contributed by atoms with Crippen molar-refractivity contribution in [2.45, 2.75) is 12.1 Å². The van der Waals surface area contributed by atoms with E-state index in [4.69, 9.17) is 9.47 Å². The van der Waals surface area contributed by atoms with Crippen LogP contribution in [0.4, 0.5) is 13.2 Å². The summed E-state index contributed by atoms with van der Waals surface area (Å²) in [5.41, 5.74) is 0.309. The van der Waals surface area contributed by atoms with Gasteiger partial charge in [-0.15, -0.1) is 0 Å². The second kappa shape index (κ2) is 6.08. The summed E-state index contributed by atoms with van der Waals surface area (Å²) in [6.07, 6.45) is -4.39. The fourth-order valence-electron chi connectivity index (χ4n) is 2.19. The Morgan fingerprint density at radius 3 is 1.95 bits per heavy atom. The van der Waals surface area contributed by atoms with Gasteiger partial charge < -0.3 is 9.47 Å². The van der Waals surface area contributed by atoms with Gasteiger partial charge >= 0.3 is 6.18 Å². The number of benzene rings is 2. The van der Waals surface area contributed by atoms with E-state index in [9.17, 15) is 13.2 Å². The van der Waals surface area contributed by atoms with Crippen LogP contribution in [0, 0.1) is 0 Å². The Hall–Kier alpha value is -2.17. The predicted octanol–water partition coefficient (Wildman–Crippen LogP) is 4.40. The van der Waals surface area contributed by atoms with Crippen molar-refractivity contribution in [2.75, 3.05) is 14.2 Å². The van der Waals surface area contributed by atoms with Gasteiger partial charge in [0, 0.05) is 0 Å². The SMILES string of the molecule is COc1ccc([C@@H](c2cccc(OC)c2)C(F)(F)F)cc1. The third-order valence-electron chi connectivity index (χ3n) is 3.20. The minimum Gasteiger partial charge on any atom is -0.497 e. The lowest BCUT2D eigenvalue weighted by atomic mass is 9.90. The number of alkyl halides is 3. The molecule has 0 unspecified atom stereocenters. The van der Waals surface area contributed by atoms with Gasteiger partial charge in [0.1, 0.15) is 17.4 Å². The fraction of sp³-hybridized carbons (Fsp3) is 0.250. The maximum atomic E-state index is 13.4. The Morgan fingerprint density at radius 2 is 1.43 bits per heavy atom. The van der Waals surface area contributed by atoms with E-state index in [-0.39, 0.29) is 11.1 Å². The van der Waals surface area contributed by atoms with Crippen LogP contribution in [0.2, 0.25) is 0 Å². The van der Waals surface area contributed by atoms with Gasteiger partial charge in [0.05, 0.1) is 14.2 Å². The first-order valence-corrected chi connectivity index (χ1v) is 6.30. The van der Waals surface area contributed by atoms with Crippen LogP contribution in [0.15, 0.2) is 48.5 Å². The van der Waals surface area contributed by atoms with Crippen LogP contribution in [0.1, 0.15) is 17.0 Å². The molecule has 0 aliphatic heterocycles. The maximum absolute atomic E-state index is 13.4. The van der Waals surface area contributed by atoms with E-state index >= 15 is 0 Å². The van der Waals surface area contributed by atoms with Crippen molar-refractivity contribution < 1.29 is 22.6 Å². The molecule has 0 saturated carbocycles. The van der Waals surface area contributed by atoms with Crippen molar-refractivity contribution in [1.29, 1.82) is 0 Å². The van der Waals surface area contributed by atoms with Crippen molar-refractivity contribution in [3.05, 3.63) is 59.7 Å². The van der Waals surface area contributed by atoms with Gasteiger partial charge in [0.25, 0.3) is 0 Å². The average molecular weight is 296 g/mol. The summed E-state index contributed by atoms with van der Waals surface area (Å²) < 4.78 is 50.3. The summed E-state index contributed by atoms with van der Waals surface area (Å²) >= 11 is 0. The number of halogens is 3. The molecule has 2 rings (SSSR count). The first-order chi connectivity index (χ1) is 9.95. The minimum absolute atomic E-state index is 0.145. The predicted molar refractivity (Wildman–Crippen MR) is 73.9 cm³/mol. The highest BCUT2D eigenvalue weighted by Crippen LogP contribution is 2.41. The Balaban J connectivity index is 2.47. The molecule has 0 spiro atoms. The fourth-order valence-corrected chi connectivity index (χ4v) is 2.19. The number of hydrogen-bond acceptors (Lipinski definition) is 2. The Morgan fingerprint density at radius 1 is 0.810 bits per heavy atom. The van der Waals surface area contributed by atoms with Crippen molar-refractivity contribution in [3.63, 3.8) is 0 Å². The highest BCUT2D eigenvalue weighted by atomic mass is 19.4. The molecule has 0 aliphatic carbocycles. The molecule has 5 heteroatoms. The molecule has 112 valence electrons. The summed E-state index contributed by atoms with van der Waals surface area (Å²) in [6, 6.07) is 11.9. The molecule has 0 N–H and O–H groups in total. The van der Waals surface area contributed by atoms with Crippen LogP contribution in [0.3, 0.4) is 0 Å². The smallest absolute Gasteiger partial charge is 0.399 e. The van der Waals surface area contributed by atoms with Gasteiger partial charge in [-0.2, -0.15) is 13.2 Å².